The average molecular weight is 320 g/mol. The summed E-state index contributed by atoms with van der Waals surface area (Å²) in [6.07, 6.45) is 6.57. The highest BCUT2D eigenvalue weighted by Gasteiger charge is 2.22. The van der Waals surface area contributed by atoms with Crippen LogP contribution in [0.15, 0.2) is 48.5 Å². The van der Waals surface area contributed by atoms with E-state index < -0.39 is 0 Å². The van der Waals surface area contributed by atoms with E-state index in [1.54, 1.807) is 7.11 Å². The van der Waals surface area contributed by atoms with Gasteiger partial charge in [0.1, 0.15) is 11.6 Å². The first kappa shape index (κ1) is 15.3. The van der Waals surface area contributed by atoms with Crippen LogP contribution in [0.2, 0.25) is 0 Å². The highest BCUT2D eigenvalue weighted by atomic mass is 16.5. The number of fused-ring (bicyclic) bond motifs is 1. The molecule has 1 aliphatic carbocycles. The first-order chi connectivity index (χ1) is 11.8. The van der Waals surface area contributed by atoms with Crippen LogP contribution in [-0.2, 0) is 6.54 Å². The Morgan fingerprint density at radius 3 is 2.50 bits per heavy atom. The number of methoxy groups -OCH3 is 1. The van der Waals surface area contributed by atoms with E-state index in [2.05, 4.69) is 41.0 Å². The van der Waals surface area contributed by atoms with Gasteiger partial charge < -0.3 is 9.30 Å². The zero-order valence-electron chi connectivity index (χ0n) is 14.2. The summed E-state index contributed by atoms with van der Waals surface area (Å²) in [5.74, 6) is 2.78. The first-order valence-electron chi connectivity index (χ1n) is 8.93. The van der Waals surface area contributed by atoms with Crippen LogP contribution in [0.1, 0.15) is 49.4 Å². The normalized spacial score (nSPS) is 15.7. The summed E-state index contributed by atoms with van der Waals surface area (Å²) in [7, 11) is 1.71. The zero-order chi connectivity index (χ0) is 16.4. The molecule has 1 aliphatic rings. The summed E-state index contributed by atoms with van der Waals surface area (Å²) in [6.45, 7) is 0.871. The lowest BCUT2D eigenvalue weighted by Crippen LogP contribution is -2.13. The van der Waals surface area contributed by atoms with Crippen LogP contribution in [0.25, 0.3) is 11.0 Å². The van der Waals surface area contributed by atoms with E-state index in [1.165, 1.54) is 49.0 Å². The number of ether oxygens (including phenoxy) is 1. The molecule has 0 bridgehead atoms. The number of imidazole rings is 1. The minimum Gasteiger partial charge on any atom is -0.497 e. The summed E-state index contributed by atoms with van der Waals surface area (Å²) >= 11 is 0. The second kappa shape index (κ2) is 6.68. The fourth-order valence-corrected chi connectivity index (χ4v) is 3.85. The van der Waals surface area contributed by atoms with Gasteiger partial charge in [0.05, 0.1) is 18.1 Å². The van der Waals surface area contributed by atoms with Crippen molar-refractivity contribution in [2.24, 2.45) is 0 Å². The van der Waals surface area contributed by atoms with Gasteiger partial charge in [-0.25, -0.2) is 4.98 Å². The van der Waals surface area contributed by atoms with E-state index in [1.807, 2.05) is 12.1 Å². The lowest BCUT2D eigenvalue weighted by atomic mass is 9.88. The van der Waals surface area contributed by atoms with Gasteiger partial charge in [-0.3, -0.25) is 0 Å². The zero-order valence-corrected chi connectivity index (χ0v) is 14.2. The van der Waals surface area contributed by atoms with Crippen molar-refractivity contribution < 1.29 is 4.74 Å². The molecule has 0 N–H and O–H groups in total. The molecule has 1 saturated carbocycles. The Balaban J connectivity index is 1.73. The van der Waals surface area contributed by atoms with E-state index in [9.17, 15) is 0 Å². The van der Waals surface area contributed by atoms with E-state index in [-0.39, 0.29) is 0 Å². The smallest absolute Gasteiger partial charge is 0.118 e. The third-order valence-corrected chi connectivity index (χ3v) is 5.15. The van der Waals surface area contributed by atoms with Gasteiger partial charge in [0, 0.05) is 12.5 Å². The molecule has 1 aromatic heterocycles. The van der Waals surface area contributed by atoms with Gasteiger partial charge in [0.2, 0.25) is 0 Å². The maximum atomic E-state index is 5.27. The Morgan fingerprint density at radius 1 is 1.00 bits per heavy atom. The monoisotopic (exact) mass is 320 g/mol. The van der Waals surface area contributed by atoms with Crippen molar-refractivity contribution >= 4 is 11.0 Å². The average Bonchev–Trinajstić information content (AvgIpc) is 3.02. The highest BCUT2D eigenvalue weighted by molar-refractivity contribution is 5.76. The second-order valence-corrected chi connectivity index (χ2v) is 6.73. The summed E-state index contributed by atoms with van der Waals surface area (Å²) in [5, 5.41) is 0. The summed E-state index contributed by atoms with van der Waals surface area (Å²) < 4.78 is 7.70. The molecule has 1 heterocycles. The van der Waals surface area contributed by atoms with Crippen LogP contribution in [0.3, 0.4) is 0 Å². The molecular weight excluding hydrogens is 296 g/mol. The molecule has 2 aromatic carbocycles. The summed E-state index contributed by atoms with van der Waals surface area (Å²) in [5.41, 5.74) is 3.65. The Labute approximate surface area is 143 Å². The minimum absolute atomic E-state index is 0.601. The van der Waals surface area contributed by atoms with Crippen LogP contribution in [0.5, 0.6) is 5.75 Å². The van der Waals surface area contributed by atoms with Crippen molar-refractivity contribution in [3.8, 4) is 5.75 Å². The molecule has 0 unspecified atom stereocenters. The van der Waals surface area contributed by atoms with Gasteiger partial charge in [0.25, 0.3) is 0 Å². The fourth-order valence-electron chi connectivity index (χ4n) is 3.85. The molecule has 0 atom stereocenters. The van der Waals surface area contributed by atoms with Crippen LogP contribution in [-0.4, -0.2) is 16.7 Å². The topological polar surface area (TPSA) is 27.1 Å². The molecule has 3 nitrogen and oxygen atoms in total. The lowest BCUT2D eigenvalue weighted by molar-refractivity contribution is 0.414. The standard InChI is InChI=1S/C21H24N2O/c1-24-18-13-11-16(12-14-18)15-23-20-10-6-5-9-19(20)22-21(23)17-7-3-2-4-8-17/h5-6,9-14,17H,2-4,7-8,15H2,1H3. The fraction of sp³-hybridized carbons (Fsp3) is 0.381. The van der Waals surface area contributed by atoms with Crippen molar-refractivity contribution in [3.05, 3.63) is 59.9 Å². The number of hydrogen-bond acceptors (Lipinski definition) is 2. The third-order valence-electron chi connectivity index (χ3n) is 5.15. The third kappa shape index (κ3) is 2.91. The number of benzene rings is 2. The number of aromatic nitrogens is 2. The summed E-state index contributed by atoms with van der Waals surface area (Å²) in [6, 6.07) is 16.9. The van der Waals surface area contributed by atoms with Gasteiger partial charge in [-0.05, 0) is 42.7 Å². The van der Waals surface area contributed by atoms with Gasteiger partial charge in [-0.15, -0.1) is 0 Å². The van der Waals surface area contributed by atoms with Crippen LogP contribution in [0, 0.1) is 0 Å². The molecule has 0 radical (unpaired) electrons. The molecule has 4 rings (SSSR count). The first-order valence-corrected chi connectivity index (χ1v) is 8.93. The second-order valence-electron chi connectivity index (χ2n) is 6.73. The summed E-state index contributed by atoms with van der Waals surface area (Å²) in [4.78, 5) is 5.00. The van der Waals surface area contributed by atoms with E-state index in [4.69, 9.17) is 9.72 Å². The van der Waals surface area contributed by atoms with E-state index in [0.717, 1.165) is 17.8 Å². The largest absolute Gasteiger partial charge is 0.497 e. The van der Waals surface area contributed by atoms with Gasteiger partial charge in [-0.1, -0.05) is 43.5 Å². The Bertz CT molecular complexity index is 813. The molecule has 0 spiro atoms. The molecular formula is C21H24N2O. The van der Waals surface area contributed by atoms with Crippen molar-refractivity contribution in [1.29, 1.82) is 0 Å². The van der Waals surface area contributed by atoms with Crippen molar-refractivity contribution in [3.63, 3.8) is 0 Å². The number of hydrogen-bond donors (Lipinski definition) is 0. The quantitative estimate of drug-likeness (QED) is 0.665. The maximum Gasteiger partial charge on any atom is 0.118 e. The molecule has 0 aliphatic heterocycles. The number of nitrogens with zero attached hydrogens (tertiary/aromatic N) is 2. The predicted molar refractivity (Wildman–Crippen MR) is 97.7 cm³/mol. The highest BCUT2D eigenvalue weighted by Crippen LogP contribution is 2.34. The molecule has 3 aromatic rings. The number of para-hydroxylation sites is 2. The molecule has 124 valence electrons. The van der Waals surface area contributed by atoms with Gasteiger partial charge >= 0.3 is 0 Å². The van der Waals surface area contributed by atoms with Crippen molar-refractivity contribution in [2.75, 3.05) is 7.11 Å². The number of rotatable bonds is 4. The molecule has 0 amide bonds. The Kier molecular flexibility index (Phi) is 4.24. The van der Waals surface area contributed by atoms with Gasteiger partial charge in [-0.2, -0.15) is 0 Å². The molecule has 24 heavy (non-hydrogen) atoms. The molecule has 0 saturated heterocycles. The Morgan fingerprint density at radius 2 is 1.75 bits per heavy atom. The van der Waals surface area contributed by atoms with E-state index in [0.29, 0.717) is 5.92 Å². The minimum atomic E-state index is 0.601. The van der Waals surface area contributed by atoms with Crippen molar-refractivity contribution in [2.45, 2.75) is 44.6 Å². The SMILES string of the molecule is COc1ccc(Cn2c(C3CCCCC3)nc3ccccc32)cc1. The van der Waals surface area contributed by atoms with Crippen molar-refractivity contribution in [1.82, 2.24) is 9.55 Å². The Hall–Kier alpha value is -2.29. The van der Waals surface area contributed by atoms with Gasteiger partial charge in [0.15, 0.2) is 0 Å². The van der Waals surface area contributed by atoms with Crippen LogP contribution in [0.4, 0.5) is 0 Å². The molecule has 3 heteroatoms. The maximum absolute atomic E-state index is 5.27. The molecule has 1 fully saturated rings. The predicted octanol–water partition coefficient (Wildman–Crippen LogP) is 5.14. The van der Waals surface area contributed by atoms with E-state index >= 15 is 0 Å². The van der Waals surface area contributed by atoms with Crippen LogP contribution < -0.4 is 4.74 Å². The van der Waals surface area contributed by atoms with Crippen LogP contribution >= 0.6 is 0 Å². The lowest BCUT2D eigenvalue weighted by Gasteiger charge is -2.22.